The van der Waals surface area contributed by atoms with Crippen LogP contribution in [0.1, 0.15) is 0 Å². The lowest BCUT2D eigenvalue weighted by Gasteiger charge is -2.48. The molecular weight excluding hydrogens is 472 g/mol. The quantitative estimate of drug-likeness (QED) is 0.154. The van der Waals surface area contributed by atoms with E-state index >= 15 is 0 Å². The maximum atomic E-state index is 10.6. The van der Waals surface area contributed by atoms with E-state index < -0.39 is 112 Å². The monoisotopic (exact) mass is 504 g/mol. The lowest BCUT2D eigenvalue weighted by atomic mass is 9.96. The first-order valence-corrected chi connectivity index (χ1v) is 10.6. The summed E-state index contributed by atoms with van der Waals surface area (Å²) in [6.07, 6.45) is -25.7. The van der Waals surface area contributed by atoms with Gasteiger partial charge in [0.25, 0.3) is 0 Å². The molecule has 34 heavy (non-hydrogen) atoms. The third-order valence-corrected chi connectivity index (χ3v) is 6.10. The molecule has 16 nitrogen and oxygen atoms in total. The van der Waals surface area contributed by atoms with Crippen molar-refractivity contribution in [2.24, 2.45) is 0 Å². The molecule has 0 aromatic rings. The van der Waals surface area contributed by atoms with Gasteiger partial charge in [0.15, 0.2) is 18.9 Å². The second-order valence-corrected chi connectivity index (χ2v) is 8.33. The Morgan fingerprint density at radius 2 is 0.853 bits per heavy atom. The third kappa shape index (κ3) is 5.37. The van der Waals surface area contributed by atoms with Crippen molar-refractivity contribution in [1.82, 2.24) is 0 Å². The number of ether oxygens (including phenoxy) is 5. The molecule has 0 spiro atoms. The van der Waals surface area contributed by atoms with E-state index in [0.717, 1.165) is 0 Å². The molecule has 1 unspecified atom stereocenters. The Bertz CT molecular complexity index is 639. The molecule has 3 aliphatic rings. The SMILES string of the molecule is OC[C@H]1O[C@H](O[C@H]2[C@@H](O[C@H]3C(O)O[C@H](CO)[C@@H](O)[C@@H]3O)O[C@H](CO)[C@@H](O)[C@@H]2O)[C@H](O)[C@@H](O)[C@@H]1O. The summed E-state index contributed by atoms with van der Waals surface area (Å²) in [6.45, 7) is -2.31. The molecule has 3 rings (SSSR count). The number of rotatable bonds is 7. The molecule has 3 aliphatic heterocycles. The second kappa shape index (κ2) is 11.6. The van der Waals surface area contributed by atoms with Crippen LogP contribution in [0.5, 0.6) is 0 Å². The summed E-state index contributed by atoms with van der Waals surface area (Å²) in [5.41, 5.74) is 0. The van der Waals surface area contributed by atoms with Crippen LogP contribution in [0.25, 0.3) is 0 Å². The minimum absolute atomic E-state index is 0.734. The first-order chi connectivity index (χ1) is 16.0. The van der Waals surface area contributed by atoms with Gasteiger partial charge in [0.2, 0.25) is 0 Å². The molecule has 0 aliphatic carbocycles. The van der Waals surface area contributed by atoms with Crippen molar-refractivity contribution in [3.63, 3.8) is 0 Å². The van der Waals surface area contributed by atoms with Crippen LogP contribution in [0.4, 0.5) is 0 Å². The maximum absolute atomic E-state index is 10.6. The maximum Gasteiger partial charge on any atom is 0.187 e. The standard InChI is InChI=1S/C18H32O16/c19-1-4-8(23)11(26)14(16(29)30-4)33-18-15(12(27)9(24)6(3-21)32-18)34-17-13(28)10(25)7(22)5(2-20)31-17/h4-29H,1-3H2/t4-,5-,6-,7-,8-,9-,10+,11+,12+,13-,14-,15-,16?,17-,18-/m1/s1. The smallest absolute Gasteiger partial charge is 0.187 e. The largest absolute Gasteiger partial charge is 0.394 e. The molecule has 200 valence electrons. The Morgan fingerprint density at radius 1 is 0.441 bits per heavy atom. The minimum atomic E-state index is -1.90. The predicted octanol–water partition coefficient (Wildman–Crippen LogP) is -7.57. The first kappa shape index (κ1) is 27.9. The third-order valence-electron chi connectivity index (χ3n) is 6.10. The van der Waals surface area contributed by atoms with Crippen LogP contribution >= 0.6 is 0 Å². The van der Waals surface area contributed by atoms with Crippen LogP contribution in [-0.2, 0) is 23.7 Å². The van der Waals surface area contributed by atoms with Gasteiger partial charge in [0.1, 0.15) is 73.2 Å². The van der Waals surface area contributed by atoms with Crippen LogP contribution in [0.15, 0.2) is 0 Å². The number of aliphatic hydroxyl groups is 11. The number of hydrogen-bond acceptors (Lipinski definition) is 16. The van der Waals surface area contributed by atoms with Gasteiger partial charge in [-0.1, -0.05) is 0 Å². The van der Waals surface area contributed by atoms with E-state index in [0.29, 0.717) is 0 Å². The van der Waals surface area contributed by atoms with Gasteiger partial charge >= 0.3 is 0 Å². The molecule has 0 aromatic carbocycles. The van der Waals surface area contributed by atoms with E-state index in [9.17, 15) is 56.2 Å². The van der Waals surface area contributed by atoms with Crippen molar-refractivity contribution < 1.29 is 79.9 Å². The van der Waals surface area contributed by atoms with E-state index in [1.807, 2.05) is 0 Å². The predicted molar refractivity (Wildman–Crippen MR) is 101 cm³/mol. The molecule has 11 N–H and O–H groups in total. The topological polar surface area (TPSA) is 269 Å². The minimum Gasteiger partial charge on any atom is -0.394 e. The van der Waals surface area contributed by atoms with E-state index in [1.165, 1.54) is 0 Å². The van der Waals surface area contributed by atoms with E-state index in [2.05, 4.69) is 0 Å². The molecule has 3 heterocycles. The van der Waals surface area contributed by atoms with Crippen LogP contribution in [-0.4, -0.2) is 168 Å². The van der Waals surface area contributed by atoms with Gasteiger partial charge in [-0.2, -0.15) is 0 Å². The highest BCUT2D eigenvalue weighted by molar-refractivity contribution is 4.95. The fourth-order valence-corrected chi connectivity index (χ4v) is 4.02. The molecule has 0 saturated carbocycles. The average molecular weight is 504 g/mol. The Balaban J connectivity index is 1.82. The van der Waals surface area contributed by atoms with Crippen LogP contribution < -0.4 is 0 Å². The average Bonchev–Trinajstić information content (AvgIpc) is 2.83. The summed E-state index contributed by atoms with van der Waals surface area (Å²) in [6, 6.07) is 0. The van der Waals surface area contributed by atoms with Crippen molar-refractivity contribution in [3.05, 3.63) is 0 Å². The zero-order valence-corrected chi connectivity index (χ0v) is 17.7. The van der Waals surface area contributed by atoms with Crippen LogP contribution in [0, 0.1) is 0 Å². The number of hydrogen-bond donors (Lipinski definition) is 11. The van der Waals surface area contributed by atoms with Crippen molar-refractivity contribution >= 4 is 0 Å². The van der Waals surface area contributed by atoms with Gasteiger partial charge in [0, 0.05) is 0 Å². The summed E-state index contributed by atoms with van der Waals surface area (Å²) >= 11 is 0. The molecule has 16 heteroatoms. The van der Waals surface area contributed by atoms with Crippen LogP contribution in [0.3, 0.4) is 0 Å². The summed E-state index contributed by atoms with van der Waals surface area (Å²) in [4.78, 5) is 0. The summed E-state index contributed by atoms with van der Waals surface area (Å²) in [5, 5.41) is 109. The highest BCUT2D eigenvalue weighted by atomic mass is 16.8. The van der Waals surface area contributed by atoms with Crippen molar-refractivity contribution in [2.45, 2.75) is 92.1 Å². The van der Waals surface area contributed by atoms with E-state index in [4.69, 9.17) is 23.7 Å². The lowest BCUT2D eigenvalue weighted by molar-refractivity contribution is -0.391. The highest BCUT2D eigenvalue weighted by Crippen LogP contribution is 2.32. The summed E-state index contributed by atoms with van der Waals surface area (Å²) < 4.78 is 26.5. The zero-order chi connectivity index (χ0) is 25.3. The molecule has 0 radical (unpaired) electrons. The fourth-order valence-electron chi connectivity index (χ4n) is 4.02. The molecule has 0 amide bonds. The zero-order valence-electron chi connectivity index (χ0n) is 17.7. The fraction of sp³-hybridized carbons (Fsp3) is 1.00. The summed E-state index contributed by atoms with van der Waals surface area (Å²) in [5.74, 6) is 0. The Hall–Kier alpha value is -0.640. The van der Waals surface area contributed by atoms with Gasteiger partial charge in [-0.05, 0) is 0 Å². The normalized spacial score (nSPS) is 52.5. The van der Waals surface area contributed by atoms with Gasteiger partial charge < -0.3 is 79.9 Å². The molecule has 0 aromatic heterocycles. The Kier molecular flexibility index (Phi) is 9.54. The van der Waals surface area contributed by atoms with Crippen LogP contribution in [0.2, 0.25) is 0 Å². The van der Waals surface area contributed by atoms with Gasteiger partial charge in [-0.3, -0.25) is 0 Å². The van der Waals surface area contributed by atoms with Crippen molar-refractivity contribution in [3.8, 4) is 0 Å². The molecule has 3 fully saturated rings. The van der Waals surface area contributed by atoms with Crippen molar-refractivity contribution in [2.75, 3.05) is 19.8 Å². The molecular formula is C18H32O16. The van der Waals surface area contributed by atoms with Gasteiger partial charge in [0.05, 0.1) is 19.8 Å². The summed E-state index contributed by atoms with van der Waals surface area (Å²) in [7, 11) is 0. The van der Waals surface area contributed by atoms with Gasteiger partial charge in [-0.25, -0.2) is 0 Å². The van der Waals surface area contributed by atoms with Gasteiger partial charge in [-0.15, -0.1) is 0 Å². The van der Waals surface area contributed by atoms with Crippen molar-refractivity contribution in [1.29, 1.82) is 0 Å². The van der Waals surface area contributed by atoms with E-state index in [-0.39, 0.29) is 0 Å². The number of aliphatic hydroxyl groups excluding tert-OH is 11. The lowest BCUT2D eigenvalue weighted by Crippen LogP contribution is -2.66. The highest BCUT2D eigenvalue weighted by Gasteiger charge is 2.53. The molecule has 3 saturated heterocycles. The Morgan fingerprint density at radius 3 is 1.38 bits per heavy atom. The molecule has 15 atom stereocenters. The van der Waals surface area contributed by atoms with E-state index in [1.54, 1.807) is 0 Å². The molecule has 0 bridgehead atoms. The Labute approximate surface area is 192 Å². The first-order valence-electron chi connectivity index (χ1n) is 10.6. The second-order valence-electron chi connectivity index (χ2n) is 8.33.